The molecule has 1 amide bonds. The minimum Gasteiger partial charge on any atom is -0.375 e. The number of aromatic nitrogens is 2. The molecule has 1 aliphatic rings. The van der Waals surface area contributed by atoms with Crippen LogP contribution in [-0.2, 0) is 16.9 Å². The first-order valence-electron chi connectivity index (χ1n) is 9.16. The third-order valence-corrected chi connectivity index (χ3v) is 5.32. The first kappa shape index (κ1) is 17.7. The number of carbonyl (C=O) groups excluding carboxylic acids is 1. The van der Waals surface area contributed by atoms with Crippen LogP contribution < -0.4 is 5.32 Å². The fourth-order valence-electron chi connectivity index (χ4n) is 3.83. The van der Waals surface area contributed by atoms with Crippen molar-refractivity contribution < 1.29 is 9.90 Å². The number of carbonyl (C=O) groups is 1. The Morgan fingerprint density at radius 2 is 2.00 bits per heavy atom. The van der Waals surface area contributed by atoms with Crippen LogP contribution in [0.25, 0.3) is 0 Å². The second-order valence-electron chi connectivity index (χ2n) is 6.89. The van der Waals surface area contributed by atoms with E-state index in [-0.39, 0.29) is 11.8 Å². The van der Waals surface area contributed by atoms with Crippen molar-refractivity contribution in [2.45, 2.75) is 51.2 Å². The van der Waals surface area contributed by atoms with Gasteiger partial charge in [0.1, 0.15) is 5.82 Å². The molecule has 1 saturated carbocycles. The maximum Gasteiger partial charge on any atom is 0.256 e. The van der Waals surface area contributed by atoms with E-state index in [9.17, 15) is 9.90 Å². The van der Waals surface area contributed by atoms with Crippen molar-refractivity contribution in [3.05, 3.63) is 54.1 Å². The summed E-state index contributed by atoms with van der Waals surface area (Å²) in [6, 6.07) is 9.38. The van der Waals surface area contributed by atoms with Crippen molar-refractivity contribution in [1.82, 2.24) is 14.9 Å². The highest BCUT2D eigenvalue weighted by atomic mass is 16.3. The molecule has 25 heavy (non-hydrogen) atoms. The first-order valence-corrected chi connectivity index (χ1v) is 9.16. The van der Waals surface area contributed by atoms with Gasteiger partial charge >= 0.3 is 0 Å². The Labute approximate surface area is 149 Å². The summed E-state index contributed by atoms with van der Waals surface area (Å²) in [5, 5.41) is 14.4. The van der Waals surface area contributed by atoms with E-state index in [0.717, 1.165) is 31.5 Å². The highest BCUT2D eigenvalue weighted by Gasteiger charge is 2.45. The lowest BCUT2D eigenvalue weighted by Gasteiger charge is -2.37. The van der Waals surface area contributed by atoms with Crippen molar-refractivity contribution in [1.29, 1.82) is 0 Å². The molecule has 0 aliphatic heterocycles. The van der Waals surface area contributed by atoms with Crippen molar-refractivity contribution in [3.63, 3.8) is 0 Å². The van der Waals surface area contributed by atoms with Crippen LogP contribution in [0.4, 0.5) is 0 Å². The molecule has 0 saturated heterocycles. The maximum atomic E-state index is 13.0. The van der Waals surface area contributed by atoms with Crippen molar-refractivity contribution in [2.24, 2.45) is 5.92 Å². The van der Waals surface area contributed by atoms with Gasteiger partial charge in [0.25, 0.3) is 5.91 Å². The van der Waals surface area contributed by atoms with Gasteiger partial charge in [0.2, 0.25) is 0 Å². The van der Waals surface area contributed by atoms with E-state index in [4.69, 9.17) is 0 Å². The molecular formula is C20H27N3O2. The van der Waals surface area contributed by atoms with Gasteiger partial charge in [-0.1, -0.05) is 49.6 Å². The van der Waals surface area contributed by atoms with E-state index in [1.54, 1.807) is 6.20 Å². The topological polar surface area (TPSA) is 67.2 Å². The summed E-state index contributed by atoms with van der Waals surface area (Å²) in [4.78, 5) is 17.2. The lowest BCUT2D eigenvalue weighted by atomic mass is 9.73. The zero-order valence-electron chi connectivity index (χ0n) is 14.8. The smallest absolute Gasteiger partial charge is 0.256 e. The zero-order valence-corrected chi connectivity index (χ0v) is 14.8. The third kappa shape index (κ3) is 3.76. The van der Waals surface area contributed by atoms with Crippen LogP contribution in [0.1, 0.15) is 43.5 Å². The molecule has 1 aromatic heterocycles. The Hall–Kier alpha value is -2.14. The molecule has 5 heteroatoms. The third-order valence-electron chi connectivity index (χ3n) is 5.32. The Morgan fingerprint density at radius 1 is 1.28 bits per heavy atom. The highest BCUT2D eigenvalue weighted by molar-refractivity contribution is 5.86. The van der Waals surface area contributed by atoms with E-state index in [2.05, 4.69) is 10.3 Å². The van der Waals surface area contributed by atoms with Gasteiger partial charge in [0.15, 0.2) is 5.60 Å². The fraction of sp³-hybridized carbons (Fsp3) is 0.500. The van der Waals surface area contributed by atoms with E-state index in [1.807, 2.05) is 48.0 Å². The molecule has 0 radical (unpaired) electrons. The molecule has 1 fully saturated rings. The van der Waals surface area contributed by atoms with Crippen LogP contribution in [0.15, 0.2) is 42.7 Å². The Balaban J connectivity index is 1.74. The van der Waals surface area contributed by atoms with Gasteiger partial charge in [0, 0.05) is 31.4 Å². The first-order chi connectivity index (χ1) is 12.1. The number of amides is 1. The lowest BCUT2D eigenvalue weighted by molar-refractivity contribution is -0.149. The fourth-order valence-corrected chi connectivity index (χ4v) is 3.83. The molecule has 1 heterocycles. The molecule has 3 rings (SSSR count). The van der Waals surface area contributed by atoms with E-state index >= 15 is 0 Å². The summed E-state index contributed by atoms with van der Waals surface area (Å²) < 4.78 is 1.99. The zero-order chi connectivity index (χ0) is 17.7. The predicted octanol–water partition coefficient (Wildman–Crippen LogP) is 2.78. The van der Waals surface area contributed by atoms with Gasteiger partial charge in [-0.2, -0.15) is 0 Å². The molecule has 1 aromatic carbocycles. The number of hydrogen-bond acceptors (Lipinski definition) is 3. The van der Waals surface area contributed by atoms with E-state index in [1.165, 1.54) is 6.42 Å². The van der Waals surface area contributed by atoms with Crippen LogP contribution >= 0.6 is 0 Å². The lowest BCUT2D eigenvalue weighted by Crippen LogP contribution is -2.50. The maximum absolute atomic E-state index is 13.0. The second kappa shape index (κ2) is 7.83. The van der Waals surface area contributed by atoms with Crippen LogP contribution in [0.2, 0.25) is 0 Å². The summed E-state index contributed by atoms with van der Waals surface area (Å²) in [6.45, 7) is 3.05. The van der Waals surface area contributed by atoms with Crippen molar-refractivity contribution >= 4 is 5.91 Å². The quantitative estimate of drug-likeness (QED) is 0.849. The van der Waals surface area contributed by atoms with Crippen LogP contribution in [0.3, 0.4) is 0 Å². The van der Waals surface area contributed by atoms with Gasteiger partial charge in [-0.25, -0.2) is 4.98 Å². The summed E-state index contributed by atoms with van der Waals surface area (Å²) in [5.74, 6) is 0.599. The Bertz CT molecular complexity index is 692. The molecule has 1 aliphatic carbocycles. The molecule has 1 atom stereocenters. The number of benzene rings is 1. The number of aliphatic hydroxyl groups is 1. The van der Waals surface area contributed by atoms with Crippen molar-refractivity contribution in [2.75, 3.05) is 6.54 Å². The van der Waals surface area contributed by atoms with Gasteiger partial charge in [-0.15, -0.1) is 0 Å². The van der Waals surface area contributed by atoms with E-state index < -0.39 is 5.60 Å². The van der Waals surface area contributed by atoms with Gasteiger partial charge in [-0.05, 0) is 25.3 Å². The highest BCUT2D eigenvalue weighted by Crippen LogP contribution is 2.39. The summed E-state index contributed by atoms with van der Waals surface area (Å²) in [5.41, 5.74) is -0.760. The minimum absolute atomic E-state index is 0.0290. The largest absolute Gasteiger partial charge is 0.375 e. The standard InChI is InChI=1S/C20H27N3O2/c1-16-21-12-14-23(16)15-13-22-19(24)20(25,17-8-4-2-5-9-17)18-10-6-3-7-11-18/h2,4-5,8-9,12,14,18,25H,3,6-7,10-11,13,15H2,1H3,(H,22,24). The molecular weight excluding hydrogens is 314 g/mol. The number of hydrogen-bond donors (Lipinski definition) is 2. The normalized spacial score (nSPS) is 17.8. The Kier molecular flexibility index (Phi) is 5.53. The molecule has 134 valence electrons. The SMILES string of the molecule is Cc1nccn1CCNC(=O)C(O)(c1ccccc1)C1CCCCC1. The average Bonchev–Trinajstić information content (AvgIpc) is 3.07. The number of nitrogens with one attached hydrogen (secondary N) is 1. The molecule has 1 unspecified atom stereocenters. The minimum atomic E-state index is -1.45. The number of aryl methyl sites for hydroxylation is 1. The van der Waals surface area contributed by atoms with Crippen molar-refractivity contribution in [3.8, 4) is 0 Å². The number of nitrogens with zero attached hydrogens (tertiary/aromatic N) is 2. The van der Waals surface area contributed by atoms with Crippen LogP contribution in [-0.4, -0.2) is 27.1 Å². The number of imidazole rings is 1. The van der Waals surface area contributed by atoms with Crippen LogP contribution in [0, 0.1) is 12.8 Å². The van der Waals surface area contributed by atoms with Gasteiger partial charge in [-0.3, -0.25) is 4.79 Å². The summed E-state index contributed by atoms with van der Waals surface area (Å²) in [7, 11) is 0. The monoisotopic (exact) mass is 341 g/mol. The average molecular weight is 341 g/mol. The molecule has 2 aromatic rings. The predicted molar refractivity (Wildman–Crippen MR) is 96.9 cm³/mol. The summed E-state index contributed by atoms with van der Waals surface area (Å²) >= 11 is 0. The molecule has 5 nitrogen and oxygen atoms in total. The summed E-state index contributed by atoms with van der Waals surface area (Å²) in [6.07, 6.45) is 8.75. The molecule has 2 N–H and O–H groups in total. The van der Waals surface area contributed by atoms with Crippen LogP contribution in [0.5, 0.6) is 0 Å². The number of rotatable bonds is 6. The molecule has 0 spiro atoms. The van der Waals surface area contributed by atoms with Gasteiger partial charge < -0.3 is 15.0 Å². The Morgan fingerprint density at radius 3 is 2.64 bits per heavy atom. The van der Waals surface area contributed by atoms with Gasteiger partial charge in [0.05, 0.1) is 0 Å². The molecule has 0 bridgehead atoms. The van der Waals surface area contributed by atoms with E-state index in [0.29, 0.717) is 18.7 Å². The second-order valence-corrected chi connectivity index (χ2v) is 6.89.